The first-order valence-electron chi connectivity index (χ1n) is 9.84. The summed E-state index contributed by atoms with van der Waals surface area (Å²) in [5.41, 5.74) is 0. The van der Waals surface area contributed by atoms with Gasteiger partial charge < -0.3 is 15.3 Å². The number of carbonyl (C=O) groups is 2. The second-order valence-corrected chi connectivity index (χ2v) is 7.49. The van der Waals surface area contributed by atoms with Gasteiger partial charge in [-0.2, -0.15) is 0 Å². The Balaban J connectivity index is 1.79. The topological polar surface area (TPSA) is 69.6 Å². The fraction of sp³-hybridized carbons (Fsp3) is 0.895. The second-order valence-electron chi connectivity index (χ2n) is 7.49. The molecule has 2 amide bonds. The zero-order chi connectivity index (χ0) is 17.5. The lowest BCUT2D eigenvalue weighted by Crippen LogP contribution is -2.51. The number of nitrogens with zero attached hydrogens (tertiary/aromatic N) is 1. The van der Waals surface area contributed by atoms with Gasteiger partial charge in [0.2, 0.25) is 11.8 Å². The molecule has 0 spiro atoms. The lowest BCUT2D eigenvalue weighted by molar-refractivity contribution is -0.139. The monoisotopic (exact) mass is 338 g/mol. The van der Waals surface area contributed by atoms with Crippen LogP contribution in [0, 0.1) is 11.8 Å². The van der Waals surface area contributed by atoms with Gasteiger partial charge in [0.1, 0.15) is 12.3 Å². The number of aliphatic hydroxyl groups excluding tert-OH is 1. The molecule has 0 bridgehead atoms. The highest BCUT2D eigenvalue weighted by Crippen LogP contribution is 2.33. The molecule has 2 rings (SSSR count). The molecule has 0 aromatic carbocycles. The minimum atomic E-state index is -0.781. The Morgan fingerprint density at radius 2 is 2.00 bits per heavy atom. The van der Waals surface area contributed by atoms with E-state index in [1.165, 1.54) is 19.3 Å². The first-order chi connectivity index (χ1) is 11.6. The van der Waals surface area contributed by atoms with Crippen molar-refractivity contribution in [2.75, 3.05) is 6.54 Å². The van der Waals surface area contributed by atoms with E-state index in [9.17, 15) is 14.7 Å². The van der Waals surface area contributed by atoms with Crippen LogP contribution in [0.15, 0.2) is 0 Å². The fourth-order valence-corrected chi connectivity index (χ4v) is 4.19. The first kappa shape index (κ1) is 19.2. The van der Waals surface area contributed by atoms with E-state index in [0.29, 0.717) is 19.4 Å². The van der Waals surface area contributed by atoms with E-state index in [0.717, 1.165) is 38.0 Å². The molecule has 138 valence electrons. The molecule has 0 aromatic heterocycles. The normalized spacial score (nSPS) is 27.1. The molecule has 1 aliphatic heterocycles. The Bertz CT molecular complexity index is 419. The van der Waals surface area contributed by atoms with Crippen molar-refractivity contribution in [1.29, 1.82) is 0 Å². The summed E-state index contributed by atoms with van der Waals surface area (Å²) < 4.78 is 0. The zero-order valence-corrected chi connectivity index (χ0v) is 15.3. The highest BCUT2D eigenvalue weighted by atomic mass is 16.3. The third-order valence-electron chi connectivity index (χ3n) is 5.77. The van der Waals surface area contributed by atoms with Gasteiger partial charge in [0.15, 0.2) is 0 Å². The van der Waals surface area contributed by atoms with Gasteiger partial charge in [-0.3, -0.25) is 9.59 Å². The Morgan fingerprint density at radius 1 is 1.29 bits per heavy atom. The van der Waals surface area contributed by atoms with Crippen molar-refractivity contribution in [2.45, 2.75) is 90.3 Å². The summed E-state index contributed by atoms with van der Waals surface area (Å²) >= 11 is 0. The maximum absolute atomic E-state index is 12.5. The van der Waals surface area contributed by atoms with Gasteiger partial charge >= 0.3 is 0 Å². The predicted molar refractivity (Wildman–Crippen MR) is 94.1 cm³/mol. The van der Waals surface area contributed by atoms with Crippen LogP contribution >= 0.6 is 0 Å². The fourth-order valence-electron chi connectivity index (χ4n) is 4.19. The van der Waals surface area contributed by atoms with Gasteiger partial charge in [-0.25, -0.2) is 0 Å². The number of rotatable bonds is 8. The minimum absolute atomic E-state index is 0.0583. The zero-order valence-electron chi connectivity index (χ0n) is 15.3. The second kappa shape index (κ2) is 9.40. The summed E-state index contributed by atoms with van der Waals surface area (Å²) in [7, 11) is 0. The Hall–Kier alpha value is -1.10. The Labute approximate surface area is 146 Å². The van der Waals surface area contributed by atoms with Crippen LogP contribution in [0.5, 0.6) is 0 Å². The average Bonchev–Trinajstić information content (AvgIpc) is 3.00. The van der Waals surface area contributed by atoms with Crippen molar-refractivity contribution in [3.8, 4) is 0 Å². The van der Waals surface area contributed by atoms with Crippen molar-refractivity contribution < 1.29 is 14.7 Å². The van der Waals surface area contributed by atoms with E-state index in [1.807, 2.05) is 6.92 Å². The minimum Gasteiger partial charge on any atom is -0.373 e. The molecule has 0 aromatic rings. The smallest absolute Gasteiger partial charge is 0.244 e. The number of amides is 2. The molecule has 5 heteroatoms. The summed E-state index contributed by atoms with van der Waals surface area (Å²) in [5.74, 6) is 0.796. The summed E-state index contributed by atoms with van der Waals surface area (Å²) in [6.07, 6.45) is 9.26. The molecular weight excluding hydrogens is 304 g/mol. The lowest BCUT2D eigenvalue weighted by atomic mass is 9.79. The third kappa shape index (κ3) is 4.95. The summed E-state index contributed by atoms with van der Waals surface area (Å²) in [6.45, 7) is 4.80. The number of nitrogens with one attached hydrogen (secondary N) is 1. The van der Waals surface area contributed by atoms with E-state index < -0.39 is 12.3 Å². The van der Waals surface area contributed by atoms with E-state index in [4.69, 9.17) is 0 Å². The molecule has 1 saturated heterocycles. The number of carbonyl (C=O) groups excluding carboxylic acids is 2. The van der Waals surface area contributed by atoms with Gasteiger partial charge in [0, 0.05) is 18.9 Å². The molecule has 1 unspecified atom stereocenters. The molecule has 1 saturated carbocycles. The van der Waals surface area contributed by atoms with E-state index in [-0.39, 0.29) is 17.7 Å². The molecule has 1 heterocycles. The summed E-state index contributed by atoms with van der Waals surface area (Å²) in [4.78, 5) is 26.0. The molecule has 24 heavy (non-hydrogen) atoms. The lowest BCUT2D eigenvalue weighted by Gasteiger charge is -2.33. The number of likely N-dealkylation sites (tertiary alicyclic amines) is 1. The maximum atomic E-state index is 12.5. The van der Waals surface area contributed by atoms with Crippen molar-refractivity contribution in [2.24, 2.45) is 11.8 Å². The van der Waals surface area contributed by atoms with Gasteiger partial charge in [0.25, 0.3) is 0 Å². The van der Waals surface area contributed by atoms with E-state index >= 15 is 0 Å². The Kier molecular flexibility index (Phi) is 7.53. The van der Waals surface area contributed by atoms with Gasteiger partial charge in [-0.1, -0.05) is 46.0 Å². The number of hydrogen-bond acceptors (Lipinski definition) is 3. The number of hydrogen-bond donors (Lipinski definition) is 2. The Morgan fingerprint density at radius 3 is 2.54 bits per heavy atom. The van der Waals surface area contributed by atoms with Crippen molar-refractivity contribution >= 4 is 11.8 Å². The molecule has 1 aliphatic carbocycles. The molecule has 2 fully saturated rings. The highest BCUT2D eigenvalue weighted by Gasteiger charge is 2.34. The van der Waals surface area contributed by atoms with Crippen LogP contribution in [0.4, 0.5) is 0 Å². The van der Waals surface area contributed by atoms with Crippen molar-refractivity contribution in [3.63, 3.8) is 0 Å². The van der Waals surface area contributed by atoms with Crippen LogP contribution in [0.3, 0.4) is 0 Å². The quantitative estimate of drug-likeness (QED) is 0.669. The molecule has 2 atom stereocenters. The van der Waals surface area contributed by atoms with Crippen LogP contribution in [0.25, 0.3) is 0 Å². The molecule has 0 radical (unpaired) electrons. The van der Waals surface area contributed by atoms with E-state index in [2.05, 4.69) is 12.2 Å². The van der Waals surface area contributed by atoms with Gasteiger partial charge in [0.05, 0.1) is 0 Å². The molecular formula is C19H34N2O3. The standard InChI is InChI=1S/C19H34N2O3/c1-3-5-7-14-9-11-15(12-10-14)18(23)20-19(24)16(4-2)21-13-6-8-17(21)22/h14-16,18,23H,3-13H2,1-2H3,(H,20,24)/t14?,15?,16-,18?/m0/s1. The largest absolute Gasteiger partial charge is 0.373 e. The van der Waals surface area contributed by atoms with Crippen molar-refractivity contribution in [1.82, 2.24) is 10.2 Å². The van der Waals surface area contributed by atoms with Crippen LogP contribution in [0.1, 0.15) is 78.1 Å². The first-order valence-corrected chi connectivity index (χ1v) is 9.84. The maximum Gasteiger partial charge on any atom is 0.244 e. The van der Waals surface area contributed by atoms with Crippen LogP contribution in [-0.2, 0) is 9.59 Å². The molecule has 2 aliphatic rings. The van der Waals surface area contributed by atoms with Crippen LogP contribution in [-0.4, -0.2) is 40.6 Å². The predicted octanol–water partition coefficient (Wildman–Crippen LogP) is 2.82. The summed E-state index contributed by atoms with van der Waals surface area (Å²) in [6, 6.07) is -0.435. The molecule has 5 nitrogen and oxygen atoms in total. The SMILES string of the molecule is CCCCC1CCC(C(O)NC(=O)[C@H](CC)N2CCCC2=O)CC1. The number of aliphatic hydroxyl groups is 1. The van der Waals surface area contributed by atoms with Crippen LogP contribution in [0.2, 0.25) is 0 Å². The summed E-state index contributed by atoms with van der Waals surface area (Å²) in [5, 5.41) is 13.2. The van der Waals surface area contributed by atoms with Gasteiger partial charge in [-0.05, 0) is 31.6 Å². The number of unbranched alkanes of at least 4 members (excludes halogenated alkanes) is 1. The average molecular weight is 338 g/mol. The van der Waals surface area contributed by atoms with Crippen molar-refractivity contribution in [3.05, 3.63) is 0 Å². The van der Waals surface area contributed by atoms with Gasteiger partial charge in [-0.15, -0.1) is 0 Å². The van der Waals surface area contributed by atoms with E-state index in [1.54, 1.807) is 4.90 Å². The van der Waals surface area contributed by atoms with Crippen LogP contribution < -0.4 is 5.32 Å². The highest BCUT2D eigenvalue weighted by molar-refractivity contribution is 5.88. The molecule has 2 N–H and O–H groups in total. The third-order valence-corrected chi connectivity index (χ3v) is 5.77.